The molecule has 1 aromatic carbocycles. The Morgan fingerprint density at radius 2 is 2.35 bits per heavy atom. The standard InChI is InChI=1S/C13H20N2OS/c1-13(6-3-7-17-13)9-15-10-4-5-11(14)12(8-10)16-2/h4-5,8,15H,3,6-7,9,14H2,1-2H3. The molecule has 1 saturated heterocycles. The minimum absolute atomic E-state index is 0.370. The molecule has 1 aliphatic rings. The molecular weight excluding hydrogens is 232 g/mol. The molecule has 0 radical (unpaired) electrons. The highest BCUT2D eigenvalue weighted by molar-refractivity contribution is 8.00. The third-order valence-electron chi connectivity index (χ3n) is 3.20. The van der Waals surface area contributed by atoms with E-state index in [2.05, 4.69) is 24.0 Å². The van der Waals surface area contributed by atoms with Crippen LogP contribution in [0.3, 0.4) is 0 Å². The van der Waals surface area contributed by atoms with Gasteiger partial charge in [0.15, 0.2) is 0 Å². The Morgan fingerprint density at radius 1 is 1.53 bits per heavy atom. The van der Waals surface area contributed by atoms with E-state index in [0.717, 1.165) is 18.0 Å². The van der Waals surface area contributed by atoms with Crippen LogP contribution in [-0.4, -0.2) is 24.2 Å². The Labute approximate surface area is 107 Å². The number of nitrogens with two attached hydrogens (primary N) is 1. The van der Waals surface area contributed by atoms with E-state index in [1.54, 1.807) is 7.11 Å². The number of ether oxygens (including phenoxy) is 1. The first-order valence-electron chi connectivity index (χ1n) is 5.94. The van der Waals surface area contributed by atoms with Gasteiger partial charge < -0.3 is 15.8 Å². The van der Waals surface area contributed by atoms with Crippen molar-refractivity contribution in [2.75, 3.05) is 30.5 Å². The molecule has 1 aliphatic heterocycles. The first-order valence-corrected chi connectivity index (χ1v) is 6.93. The van der Waals surface area contributed by atoms with Gasteiger partial charge in [-0.2, -0.15) is 11.8 Å². The van der Waals surface area contributed by atoms with Gasteiger partial charge in [-0.3, -0.25) is 0 Å². The van der Waals surface area contributed by atoms with Crippen LogP contribution in [0, 0.1) is 0 Å². The summed E-state index contributed by atoms with van der Waals surface area (Å²) in [5.41, 5.74) is 7.54. The highest BCUT2D eigenvalue weighted by Crippen LogP contribution is 2.38. The van der Waals surface area contributed by atoms with Crippen molar-refractivity contribution in [2.24, 2.45) is 0 Å². The Bertz CT molecular complexity index is 389. The van der Waals surface area contributed by atoms with Crippen LogP contribution in [0.15, 0.2) is 18.2 Å². The average molecular weight is 252 g/mol. The molecule has 0 aromatic heterocycles. The van der Waals surface area contributed by atoms with Crippen LogP contribution in [0.2, 0.25) is 0 Å². The predicted octanol–water partition coefficient (Wildman–Crippen LogP) is 2.98. The van der Waals surface area contributed by atoms with Crippen molar-refractivity contribution in [1.29, 1.82) is 0 Å². The second kappa shape index (κ2) is 5.08. The van der Waals surface area contributed by atoms with E-state index in [1.165, 1.54) is 18.6 Å². The van der Waals surface area contributed by atoms with Gasteiger partial charge in [-0.1, -0.05) is 0 Å². The fourth-order valence-electron chi connectivity index (χ4n) is 2.09. The first kappa shape index (κ1) is 12.4. The van der Waals surface area contributed by atoms with Crippen molar-refractivity contribution in [2.45, 2.75) is 24.5 Å². The third kappa shape index (κ3) is 3.00. The summed E-state index contributed by atoms with van der Waals surface area (Å²) in [5.74, 6) is 2.02. The predicted molar refractivity (Wildman–Crippen MR) is 76.0 cm³/mol. The van der Waals surface area contributed by atoms with E-state index in [-0.39, 0.29) is 0 Å². The molecule has 3 nitrogen and oxygen atoms in total. The molecule has 0 amide bonds. The number of hydrogen-bond acceptors (Lipinski definition) is 4. The van der Waals surface area contributed by atoms with Gasteiger partial charge >= 0.3 is 0 Å². The van der Waals surface area contributed by atoms with Crippen molar-refractivity contribution < 1.29 is 4.74 Å². The number of rotatable bonds is 4. The molecule has 4 heteroatoms. The minimum Gasteiger partial charge on any atom is -0.495 e. The van der Waals surface area contributed by atoms with Crippen molar-refractivity contribution in [3.8, 4) is 5.75 Å². The number of benzene rings is 1. The van der Waals surface area contributed by atoms with Crippen LogP contribution in [0.25, 0.3) is 0 Å². The fraction of sp³-hybridized carbons (Fsp3) is 0.538. The van der Waals surface area contributed by atoms with Crippen molar-refractivity contribution in [3.63, 3.8) is 0 Å². The van der Waals surface area contributed by atoms with E-state index in [9.17, 15) is 0 Å². The zero-order valence-electron chi connectivity index (χ0n) is 10.5. The third-order valence-corrected chi connectivity index (χ3v) is 4.74. The van der Waals surface area contributed by atoms with E-state index >= 15 is 0 Å². The monoisotopic (exact) mass is 252 g/mol. The smallest absolute Gasteiger partial charge is 0.143 e. The average Bonchev–Trinajstić information content (AvgIpc) is 2.76. The summed E-state index contributed by atoms with van der Waals surface area (Å²) in [6.07, 6.45) is 2.62. The second-order valence-electron chi connectivity index (χ2n) is 4.71. The van der Waals surface area contributed by atoms with Crippen LogP contribution in [0.5, 0.6) is 5.75 Å². The lowest BCUT2D eigenvalue weighted by atomic mass is 10.1. The summed E-state index contributed by atoms with van der Waals surface area (Å²) in [5, 5.41) is 3.47. The largest absolute Gasteiger partial charge is 0.495 e. The number of anilines is 2. The molecule has 0 aliphatic carbocycles. The van der Waals surface area contributed by atoms with E-state index in [1.807, 2.05) is 18.2 Å². The van der Waals surface area contributed by atoms with Crippen LogP contribution in [0.1, 0.15) is 19.8 Å². The summed E-state index contributed by atoms with van der Waals surface area (Å²) in [4.78, 5) is 0. The Kier molecular flexibility index (Phi) is 3.72. The van der Waals surface area contributed by atoms with Crippen LogP contribution in [-0.2, 0) is 0 Å². The van der Waals surface area contributed by atoms with Gasteiger partial charge in [0.1, 0.15) is 5.75 Å². The zero-order valence-corrected chi connectivity index (χ0v) is 11.3. The normalized spacial score (nSPS) is 23.6. The number of methoxy groups -OCH3 is 1. The van der Waals surface area contributed by atoms with Gasteiger partial charge in [0, 0.05) is 23.0 Å². The Morgan fingerprint density at radius 3 is 3.00 bits per heavy atom. The van der Waals surface area contributed by atoms with Crippen molar-refractivity contribution >= 4 is 23.1 Å². The van der Waals surface area contributed by atoms with E-state index in [0.29, 0.717) is 10.4 Å². The maximum Gasteiger partial charge on any atom is 0.143 e. The molecule has 2 rings (SSSR count). The second-order valence-corrected chi connectivity index (χ2v) is 6.39. The van der Waals surface area contributed by atoms with Gasteiger partial charge in [0.05, 0.1) is 12.8 Å². The lowest BCUT2D eigenvalue weighted by Gasteiger charge is -2.23. The Hall–Kier alpha value is -1.03. The van der Waals surface area contributed by atoms with Gasteiger partial charge in [-0.05, 0) is 37.7 Å². The molecule has 1 fully saturated rings. The van der Waals surface area contributed by atoms with Gasteiger partial charge in [-0.25, -0.2) is 0 Å². The van der Waals surface area contributed by atoms with Crippen LogP contribution >= 0.6 is 11.8 Å². The number of thioether (sulfide) groups is 1. The molecule has 0 bridgehead atoms. The minimum atomic E-state index is 0.370. The number of nitrogens with one attached hydrogen (secondary N) is 1. The molecule has 3 N–H and O–H groups in total. The molecule has 0 spiro atoms. The quantitative estimate of drug-likeness (QED) is 0.809. The lowest BCUT2D eigenvalue weighted by Crippen LogP contribution is -2.27. The topological polar surface area (TPSA) is 47.3 Å². The maximum atomic E-state index is 5.79. The fourth-order valence-corrected chi connectivity index (χ4v) is 3.33. The highest BCUT2D eigenvalue weighted by Gasteiger charge is 2.28. The highest BCUT2D eigenvalue weighted by atomic mass is 32.2. The number of hydrogen-bond donors (Lipinski definition) is 2. The molecule has 1 unspecified atom stereocenters. The molecular formula is C13H20N2OS. The van der Waals surface area contributed by atoms with Gasteiger partial charge in [0.2, 0.25) is 0 Å². The van der Waals surface area contributed by atoms with Crippen molar-refractivity contribution in [1.82, 2.24) is 0 Å². The molecule has 0 saturated carbocycles. The van der Waals surface area contributed by atoms with Gasteiger partial charge in [0.25, 0.3) is 0 Å². The van der Waals surface area contributed by atoms with Crippen molar-refractivity contribution in [3.05, 3.63) is 18.2 Å². The first-order chi connectivity index (χ1) is 8.13. The van der Waals surface area contributed by atoms with E-state index in [4.69, 9.17) is 10.5 Å². The summed E-state index contributed by atoms with van der Waals surface area (Å²) in [6.45, 7) is 3.32. The molecule has 94 valence electrons. The SMILES string of the molecule is COc1cc(NCC2(C)CCCS2)ccc1N. The molecule has 1 heterocycles. The summed E-state index contributed by atoms with van der Waals surface area (Å²) < 4.78 is 5.58. The summed E-state index contributed by atoms with van der Waals surface area (Å²) in [6, 6.07) is 5.84. The van der Waals surface area contributed by atoms with E-state index < -0.39 is 0 Å². The summed E-state index contributed by atoms with van der Waals surface area (Å²) in [7, 11) is 1.64. The lowest BCUT2D eigenvalue weighted by molar-refractivity contribution is 0.417. The Balaban J connectivity index is 1.99. The number of nitrogen functional groups attached to an aromatic ring is 1. The molecule has 17 heavy (non-hydrogen) atoms. The molecule has 1 atom stereocenters. The summed E-state index contributed by atoms with van der Waals surface area (Å²) >= 11 is 2.06. The maximum absolute atomic E-state index is 5.79. The van der Waals surface area contributed by atoms with Crippen LogP contribution < -0.4 is 15.8 Å². The van der Waals surface area contributed by atoms with Crippen LogP contribution in [0.4, 0.5) is 11.4 Å². The van der Waals surface area contributed by atoms with Gasteiger partial charge in [-0.15, -0.1) is 0 Å². The zero-order chi connectivity index (χ0) is 12.3. The molecule has 1 aromatic rings.